The molecule has 1 aliphatic heterocycles. The quantitative estimate of drug-likeness (QED) is 0.455. The van der Waals surface area contributed by atoms with Crippen molar-refractivity contribution >= 4 is 21.5 Å². The Kier molecular flexibility index (Phi) is 5.48. The number of ether oxygens (including phenoxy) is 1. The Morgan fingerprint density at radius 2 is 1.90 bits per heavy atom. The first-order chi connectivity index (χ1) is 14.2. The summed E-state index contributed by atoms with van der Waals surface area (Å²) < 4.78 is 46.5. The third-order valence-electron chi connectivity index (χ3n) is 4.73. The number of rotatable bonds is 6. The fourth-order valence-electron chi connectivity index (χ4n) is 3.27. The van der Waals surface area contributed by atoms with Gasteiger partial charge in [-0.15, -0.1) is 0 Å². The van der Waals surface area contributed by atoms with Crippen molar-refractivity contribution in [1.29, 1.82) is 0 Å². The van der Waals surface area contributed by atoms with Gasteiger partial charge in [0.05, 0.1) is 18.6 Å². The van der Waals surface area contributed by atoms with Crippen molar-refractivity contribution in [2.45, 2.75) is 31.0 Å². The molecule has 1 aromatic carbocycles. The van der Waals surface area contributed by atoms with E-state index in [4.69, 9.17) is 9.88 Å². The van der Waals surface area contributed by atoms with E-state index >= 15 is 0 Å². The molecule has 0 amide bonds. The topological polar surface area (TPSA) is 163 Å². The molecular formula is C17H18FN5O6S. The van der Waals surface area contributed by atoms with Gasteiger partial charge in [0.15, 0.2) is 11.9 Å². The molecule has 1 fully saturated rings. The van der Waals surface area contributed by atoms with Crippen LogP contribution in [0.2, 0.25) is 0 Å². The summed E-state index contributed by atoms with van der Waals surface area (Å²) in [5.41, 5.74) is 2.17. The number of aliphatic hydroxyl groups is 2. The molecule has 0 aliphatic carbocycles. The van der Waals surface area contributed by atoms with Gasteiger partial charge in [0, 0.05) is 6.42 Å². The standard InChI is InChI=1S/C17H18FN5O6S/c18-10-3-1-9(2-4-10)5-11-13-16(21-7-20-11)23(8-22-13)17-15(25)14(24)12(29-17)6-28-30(19,26)27/h1-4,7-8,12,14-15,17,24-25H,5-6H2,(H2,19,26,27)/t12?,14?,15-,17-/m1/s1. The number of nitrogens with two attached hydrogens (primary N) is 1. The first-order valence-electron chi connectivity index (χ1n) is 8.82. The van der Waals surface area contributed by atoms with E-state index in [0.29, 0.717) is 23.3 Å². The highest BCUT2D eigenvalue weighted by Crippen LogP contribution is 2.32. The van der Waals surface area contributed by atoms with Gasteiger partial charge < -0.3 is 14.9 Å². The molecule has 160 valence electrons. The van der Waals surface area contributed by atoms with Gasteiger partial charge in [-0.25, -0.2) is 24.5 Å². The largest absolute Gasteiger partial charge is 0.387 e. The summed E-state index contributed by atoms with van der Waals surface area (Å²) >= 11 is 0. The van der Waals surface area contributed by atoms with Gasteiger partial charge in [-0.2, -0.15) is 8.42 Å². The molecular weight excluding hydrogens is 421 g/mol. The molecule has 0 spiro atoms. The van der Waals surface area contributed by atoms with Crippen molar-refractivity contribution in [2.75, 3.05) is 6.61 Å². The second kappa shape index (κ2) is 7.94. The number of benzene rings is 1. The number of fused-ring (bicyclic) bond motifs is 1. The molecule has 13 heteroatoms. The zero-order valence-electron chi connectivity index (χ0n) is 15.4. The number of aliphatic hydroxyl groups excluding tert-OH is 2. The average Bonchev–Trinajstić information content (AvgIpc) is 3.24. The van der Waals surface area contributed by atoms with Gasteiger partial charge >= 0.3 is 10.3 Å². The fraction of sp³-hybridized carbons (Fsp3) is 0.353. The molecule has 1 saturated heterocycles. The third kappa shape index (κ3) is 4.16. The van der Waals surface area contributed by atoms with Crippen molar-refractivity contribution in [3.05, 3.63) is 54.0 Å². The minimum Gasteiger partial charge on any atom is -0.387 e. The van der Waals surface area contributed by atoms with E-state index in [1.165, 1.54) is 29.4 Å². The van der Waals surface area contributed by atoms with Crippen molar-refractivity contribution in [3.8, 4) is 0 Å². The highest BCUT2D eigenvalue weighted by Gasteiger charge is 2.44. The van der Waals surface area contributed by atoms with E-state index < -0.39 is 41.5 Å². The van der Waals surface area contributed by atoms with Gasteiger partial charge in [0.25, 0.3) is 0 Å². The molecule has 11 nitrogen and oxygen atoms in total. The van der Waals surface area contributed by atoms with Crippen LogP contribution in [0.5, 0.6) is 0 Å². The number of hydrogen-bond donors (Lipinski definition) is 3. The van der Waals surface area contributed by atoms with Crippen molar-refractivity contribution in [3.63, 3.8) is 0 Å². The predicted octanol–water partition coefficient (Wildman–Crippen LogP) is -0.605. The molecule has 0 bridgehead atoms. The zero-order chi connectivity index (χ0) is 21.5. The van der Waals surface area contributed by atoms with Crippen LogP contribution in [-0.2, 0) is 25.6 Å². The second-order valence-electron chi connectivity index (χ2n) is 6.77. The maximum atomic E-state index is 13.1. The second-order valence-corrected chi connectivity index (χ2v) is 7.99. The Morgan fingerprint density at radius 3 is 2.60 bits per heavy atom. The molecule has 1 aliphatic rings. The van der Waals surface area contributed by atoms with E-state index in [1.807, 2.05) is 0 Å². The number of aromatic nitrogens is 4. The van der Waals surface area contributed by atoms with Crippen LogP contribution in [0.3, 0.4) is 0 Å². The Morgan fingerprint density at radius 1 is 1.17 bits per heavy atom. The molecule has 30 heavy (non-hydrogen) atoms. The summed E-state index contributed by atoms with van der Waals surface area (Å²) in [5.74, 6) is -0.345. The van der Waals surface area contributed by atoms with Crippen LogP contribution in [-0.4, -0.2) is 63.1 Å². The van der Waals surface area contributed by atoms with Crippen LogP contribution in [0.15, 0.2) is 36.9 Å². The summed E-state index contributed by atoms with van der Waals surface area (Å²) in [6.45, 7) is -0.564. The van der Waals surface area contributed by atoms with E-state index in [1.54, 1.807) is 12.1 Å². The van der Waals surface area contributed by atoms with E-state index in [9.17, 15) is 23.0 Å². The molecule has 3 aromatic rings. The lowest BCUT2D eigenvalue weighted by atomic mass is 10.1. The minimum absolute atomic E-state index is 0.339. The van der Waals surface area contributed by atoms with E-state index in [-0.39, 0.29) is 5.82 Å². The maximum absolute atomic E-state index is 13.1. The molecule has 4 atom stereocenters. The van der Waals surface area contributed by atoms with Gasteiger partial charge in [0.2, 0.25) is 0 Å². The summed E-state index contributed by atoms with van der Waals surface area (Å²) in [6.07, 6.45) is -1.98. The Balaban J connectivity index is 1.60. The van der Waals surface area contributed by atoms with Gasteiger partial charge in [-0.3, -0.25) is 8.75 Å². The molecule has 4 N–H and O–H groups in total. The van der Waals surface area contributed by atoms with Gasteiger partial charge in [-0.1, -0.05) is 12.1 Å². The first kappa shape index (κ1) is 20.7. The van der Waals surface area contributed by atoms with Crippen molar-refractivity contribution in [1.82, 2.24) is 19.5 Å². The smallest absolute Gasteiger partial charge is 0.333 e. The Labute approximate surface area is 170 Å². The first-order valence-corrected chi connectivity index (χ1v) is 10.3. The molecule has 0 saturated carbocycles. The normalized spacial score (nSPS) is 24.5. The lowest BCUT2D eigenvalue weighted by molar-refractivity contribution is -0.0467. The average molecular weight is 439 g/mol. The molecule has 2 unspecified atom stereocenters. The van der Waals surface area contributed by atoms with Gasteiger partial charge in [0.1, 0.15) is 36.0 Å². The SMILES string of the molecule is NS(=O)(=O)OCC1O[C@@H](n2cnc3c(Cc4ccc(F)cc4)ncnc32)[C@H](O)C1O. The minimum atomic E-state index is -4.23. The molecule has 0 radical (unpaired) electrons. The Bertz CT molecular complexity index is 1160. The molecule has 4 rings (SSSR count). The zero-order valence-corrected chi connectivity index (χ0v) is 16.2. The van der Waals surface area contributed by atoms with Gasteiger partial charge in [-0.05, 0) is 17.7 Å². The van der Waals surface area contributed by atoms with Crippen LogP contribution in [0.1, 0.15) is 17.5 Å². The maximum Gasteiger partial charge on any atom is 0.333 e. The summed E-state index contributed by atoms with van der Waals surface area (Å²) in [5, 5.41) is 25.3. The number of halogens is 1. The van der Waals surface area contributed by atoms with Crippen molar-refractivity contribution in [2.24, 2.45) is 5.14 Å². The van der Waals surface area contributed by atoms with Crippen LogP contribution >= 0.6 is 0 Å². The van der Waals surface area contributed by atoms with Crippen LogP contribution in [0.25, 0.3) is 11.2 Å². The highest BCUT2D eigenvalue weighted by molar-refractivity contribution is 7.84. The number of imidazole rings is 1. The third-order valence-corrected chi connectivity index (χ3v) is 5.19. The van der Waals surface area contributed by atoms with Crippen molar-refractivity contribution < 1.29 is 31.9 Å². The lowest BCUT2D eigenvalue weighted by Crippen LogP contribution is -2.35. The summed E-state index contributed by atoms with van der Waals surface area (Å²) in [4.78, 5) is 12.7. The van der Waals surface area contributed by atoms with E-state index in [0.717, 1.165) is 5.56 Å². The molecule has 3 heterocycles. The van der Waals surface area contributed by atoms with Crippen LogP contribution in [0.4, 0.5) is 4.39 Å². The fourth-order valence-corrected chi connectivity index (χ4v) is 3.59. The van der Waals surface area contributed by atoms with Crippen LogP contribution in [0, 0.1) is 5.82 Å². The predicted molar refractivity (Wildman–Crippen MR) is 99.5 cm³/mol. The number of hydrogen-bond acceptors (Lipinski definition) is 9. The number of nitrogens with zero attached hydrogens (tertiary/aromatic N) is 4. The monoisotopic (exact) mass is 439 g/mol. The summed E-state index contributed by atoms with van der Waals surface area (Å²) in [7, 11) is -4.23. The lowest BCUT2D eigenvalue weighted by Gasteiger charge is -2.16. The summed E-state index contributed by atoms with van der Waals surface area (Å²) in [6, 6.07) is 5.97. The molecule has 2 aromatic heterocycles. The van der Waals surface area contributed by atoms with Crippen LogP contribution < -0.4 is 5.14 Å². The Hall–Kier alpha value is -2.55. The van der Waals surface area contributed by atoms with E-state index in [2.05, 4.69) is 19.1 Å². The highest BCUT2D eigenvalue weighted by atomic mass is 32.2.